The van der Waals surface area contributed by atoms with Crippen LogP contribution < -0.4 is 15.4 Å². The van der Waals surface area contributed by atoms with E-state index in [4.69, 9.17) is 9.47 Å². The molecule has 2 saturated heterocycles. The van der Waals surface area contributed by atoms with Gasteiger partial charge in [0.15, 0.2) is 0 Å². The van der Waals surface area contributed by atoms with Gasteiger partial charge in [0.25, 0.3) is 0 Å². The molecule has 29 heavy (non-hydrogen) atoms. The van der Waals surface area contributed by atoms with Gasteiger partial charge in [0, 0.05) is 24.8 Å². The zero-order chi connectivity index (χ0) is 20.6. The standard InChI is InChI=1S/C21H31N3O5/c1-28-16-7-5-6-15(12-16)22-21(27)23-18-9-8-17(29-19(18)14-25)13-20(26)24-10-3-2-4-11-24/h5-7,12,17-19,25H,2-4,8-11,13-14H2,1H3,(H2,22,23,27)/t17-,18-,19-/m0/s1. The Labute approximate surface area is 171 Å². The summed E-state index contributed by atoms with van der Waals surface area (Å²) in [5.74, 6) is 0.770. The third-order valence-corrected chi connectivity index (χ3v) is 5.55. The lowest BCUT2D eigenvalue weighted by Gasteiger charge is -2.37. The van der Waals surface area contributed by atoms with Gasteiger partial charge in [0.1, 0.15) is 11.9 Å². The van der Waals surface area contributed by atoms with Gasteiger partial charge in [-0.15, -0.1) is 0 Å². The van der Waals surface area contributed by atoms with E-state index >= 15 is 0 Å². The zero-order valence-electron chi connectivity index (χ0n) is 16.9. The van der Waals surface area contributed by atoms with Crippen molar-refractivity contribution >= 4 is 17.6 Å². The van der Waals surface area contributed by atoms with E-state index in [1.807, 2.05) is 4.90 Å². The van der Waals surface area contributed by atoms with Gasteiger partial charge in [-0.05, 0) is 44.2 Å². The summed E-state index contributed by atoms with van der Waals surface area (Å²) in [6.45, 7) is 1.44. The van der Waals surface area contributed by atoms with Gasteiger partial charge in [-0.3, -0.25) is 4.79 Å². The number of ether oxygens (including phenoxy) is 2. The maximum absolute atomic E-state index is 12.5. The minimum atomic E-state index is -0.529. The normalized spacial score (nSPS) is 24.6. The average molecular weight is 405 g/mol. The number of aliphatic hydroxyl groups is 1. The first kappa shape index (κ1) is 21.4. The van der Waals surface area contributed by atoms with Crippen molar-refractivity contribution in [2.45, 2.75) is 56.8 Å². The lowest BCUT2D eigenvalue weighted by molar-refractivity contribution is -0.141. The molecule has 8 nitrogen and oxygen atoms in total. The fourth-order valence-electron chi connectivity index (χ4n) is 3.95. The van der Waals surface area contributed by atoms with Gasteiger partial charge in [0.05, 0.1) is 32.3 Å². The van der Waals surface area contributed by atoms with Crippen LogP contribution in [0.1, 0.15) is 38.5 Å². The van der Waals surface area contributed by atoms with E-state index in [1.54, 1.807) is 31.4 Å². The van der Waals surface area contributed by atoms with Crippen LogP contribution in [-0.4, -0.2) is 67.0 Å². The van der Waals surface area contributed by atoms with E-state index < -0.39 is 6.10 Å². The van der Waals surface area contributed by atoms with Crippen LogP contribution in [0, 0.1) is 0 Å². The molecule has 0 radical (unpaired) electrons. The number of anilines is 1. The molecule has 0 aliphatic carbocycles. The largest absolute Gasteiger partial charge is 0.497 e. The van der Waals surface area contributed by atoms with Crippen LogP contribution in [-0.2, 0) is 9.53 Å². The van der Waals surface area contributed by atoms with Crippen molar-refractivity contribution in [2.75, 3.05) is 32.1 Å². The minimum Gasteiger partial charge on any atom is -0.497 e. The number of hydrogen-bond donors (Lipinski definition) is 3. The first-order chi connectivity index (χ1) is 14.1. The SMILES string of the molecule is COc1cccc(NC(=O)N[C@H]2CC[C@@H](CC(=O)N3CCCCC3)O[C@H]2CO)c1. The Morgan fingerprint density at radius 3 is 2.76 bits per heavy atom. The summed E-state index contributed by atoms with van der Waals surface area (Å²) in [7, 11) is 1.57. The summed E-state index contributed by atoms with van der Waals surface area (Å²) in [4.78, 5) is 26.7. The van der Waals surface area contributed by atoms with Crippen LogP contribution in [0.3, 0.4) is 0 Å². The fraction of sp³-hybridized carbons (Fsp3) is 0.619. The lowest BCUT2D eigenvalue weighted by atomic mass is 9.96. The highest BCUT2D eigenvalue weighted by atomic mass is 16.5. The van der Waals surface area contributed by atoms with Crippen LogP contribution >= 0.6 is 0 Å². The van der Waals surface area contributed by atoms with E-state index in [9.17, 15) is 14.7 Å². The molecule has 1 aromatic carbocycles. The number of carbonyl (C=O) groups excluding carboxylic acids is 2. The highest BCUT2D eigenvalue weighted by Crippen LogP contribution is 2.24. The smallest absolute Gasteiger partial charge is 0.319 e. The number of carbonyl (C=O) groups is 2. The van der Waals surface area contributed by atoms with Crippen molar-refractivity contribution in [1.82, 2.24) is 10.2 Å². The van der Waals surface area contributed by atoms with Gasteiger partial charge < -0.3 is 30.1 Å². The van der Waals surface area contributed by atoms with Crippen molar-refractivity contribution in [2.24, 2.45) is 0 Å². The van der Waals surface area contributed by atoms with E-state index in [0.29, 0.717) is 30.7 Å². The predicted molar refractivity (Wildman–Crippen MR) is 109 cm³/mol. The number of amides is 3. The van der Waals surface area contributed by atoms with Crippen LogP contribution in [0.4, 0.5) is 10.5 Å². The molecule has 3 amide bonds. The second-order valence-electron chi connectivity index (χ2n) is 7.64. The molecule has 0 unspecified atom stereocenters. The molecule has 0 saturated carbocycles. The van der Waals surface area contributed by atoms with Crippen molar-refractivity contribution in [3.8, 4) is 5.75 Å². The molecular weight excluding hydrogens is 374 g/mol. The number of aliphatic hydroxyl groups excluding tert-OH is 1. The minimum absolute atomic E-state index is 0.119. The monoisotopic (exact) mass is 405 g/mol. The number of hydrogen-bond acceptors (Lipinski definition) is 5. The van der Waals surface area contributed by atoms with Crippen LogP contribution in [0.15, 0.2) is 24.3 Å². The molecule has 2 aliphatic rings. The number of methoxy groups -OCH3 is 1. The highest BCUT2D eigenvalue weighted by Gasteiger charge is 2.33. The van der Waals surface area contributed by atoms with Gasteiger partial charge in [-0.1, -0.05) is 6.07 Å². The Kier molecular flexibility index (Phi) is 7.71. The Hall–Kier alpha value is -2.32. The summed E-state index contributed by atoms with van der Waals surface area (Å²) >= 11 is 0. The summed E-state index contributed by atoms with van der Waals surface area (Å²) < 4.78 is 11.1. The van der Waals surface area contributed by atoms with E-state index in [1.165, 1.54) is 6.42 Å². The Bertz CT molecular complexity index is 693. The molecule has 3 rings (SSSR count). The number of urea groups is 1. The molecular formula is C21H31N3O5. The third kappa shape index (κ3) is 6.08. The van der Waals surface area contributed by atoms with Gasteiger partial charge in [-0.2, -0.15) is 0 Å². The summed E-state index contributed by atoms with van der Waals surface area (Å²) in [5, 5.41) is 15.4. The molecule has 2 heterocycles. The quantitative estimate of drug-likeness (QED) is 0.673. The number of likely N-dealkylation sites (tertiary alicyclic amines) is 1. The van der Waals surface area contributed by atoms with Crippen molar-refractivity contribution in [3.63, 3.8) is 0 Å². The Balaban J connectivity index is 1.48. The zero-order valence-corrected chi connectivity index (χ0v) is 16.9. The molecule has 1 aromatic rings. The van der Waals surface area contributed by atoms with E-state index in [0.717, 1.165) is 25.9 Å². The number of rotatable bonds is 6. The summed E-state index contributed by atoms with van der Waals surface area (Å²) in [6, 6.07) is 6.40. The molecule has 3 atom stereocenters. The molecule has 2 fully saturated rings. The van der Waals surface area contributed by atoms with Crippen molar-refractivity contribution in [3.05, 3.63) is 24.3 Å². The summed E-state index contributed by atoms with van der Waals surface area (Å²) in [5.41, 5.74) is 0.615. The molecule has 0 aromatic heterocycles. The molecule has 160 valence electrons. The van der Waals surface area contributed by atoms with E-state index in [-0.39, 0.29) is 30.7 Å². The second kappa shape index (κ2) is 10.5. The lowest BCUT2D eigenvalue weighted by Crippen LogP contribution is -2.52. The first-order valence-electron chi connectivity index (χ1n) is 10.3. The second-order valence-corrected chi connectivity index (χ2v) is 7.64. The molecule has 2 aliphatic heterocycles. The van der Waals surface area contributed by atoms with Crippen molar-refractivity contribution < 1.29 is 24.2 Å². The summed E-state index contributed by atoms with van der Waals surface area (Å²) in [6.07, 6.45) is 4.20. The maximum Gasteiger partial charge on any atom is 0.319 e. The molecule has 0 spiro atoms. The Morgan fingerprint density at radius 1 is 1.24 bits per heavy atom. The highest BCUT2D eigenvalue weighted by molar-refractivity contribution is 5.89. The Morgan fingerprint density at radius 2 is 2.03 bits per heavy atom. The number of piperidine rings is 1. The average Bonchev–Trinajstić information content (AvgIpc) is 2.75. The molecule has 3 N–H and O–H groups in total. The van der Waals surface area contributed by atoms with Gasteiger partial charge in [-0.25, -0.2) is 4.79 Å². The van der Waals surface area contributed by atoms with Crippen molar-refractivity contribution in [1.29, 1.82) is 0 Å². The van der Waals surface area contributed by atoms with Gasteiger partial charge >= 0.3 is 6.03 Å². The van der Waals surface area contributed by atoms with Crippen LogP contribution in [0.25, 0.3) is 0 Å². The van der Waals surface area contributed by atoms with Crippen LogP contribution in [0.2, 0.25) is 0 Å². The fourth-order valence-corrected chi connectivity index (χ4v) is 3.95. The van der Waals surface area contributed by atoms with Gasteiger partial charge in [0.2, 0.25) is 5.91 Å². The van der Waals surface area contributed by atoms with Crippen LogP contribution in [0.5, 0.6) is 5.75 Å². The molecule has 0 bridgehead atoms. The number of benzene rings is 1. The maximum atomic E-state index is 12.5. The number of nitrogens with one attached hydrogen (secondary N) is 2. The van der Waals surface area contributed by atoms with E-state index in [2.05, 4.69) is 10.6 Å². The first-order valence-corrected chi connectivity index (χ1v) is 10.3. The topological polar surface area (TPSA) is 100 Å². The number of nitrogens with zero attached hydrogens (tertiary/aromatic N) is 1. The molecule has 8 heteroatoms. The third-order valence-electron chi connectivity index (χ3n) is 5.55. The predicted octanol–water partition coefficient (Wildman–Crippen LogP) is 2.13.